The van der Waals surface area contributed by atoms with Gasteiger partial charge in [0.2, 0.25) is 5.91 Å². The lowest BCUT2D eigenvalue weighted by Gasteiger charge is -2.15. The molecule has 0 atom stereocenters. The van der Waals surface area contributed by atoms with Crippen LogP contribution in [-0.2, 0) is 24.2 Å². The number of nitrogens with one attached hydrogen (secondary N) is 1. The van der Waals surface area contributed by atoms with Crippen LogP contribution in [0.15, 0.2) is 47.4 Å². The molecule has 0 aliphatic heterocycles. The first-order chi connectivity index (χ1) is 12.2. The highest BCUT2D eigenvalue weighted by Crippen LogP contribution is 2.27. The number of hydrogen-bond acceptors (Lipinski definition) is 3. The Hall–Kier alpha value is -2.27. The zero-order valence-corrected chi connectivity index (χ0v) is 15.1. The summed E-state index contributed by atoms with van der Waals surface area (Å²) in [6, 6.07) is 14.5. The number of aromatic amines is 1. The van der Waals surface area contributed by atoms with Crippen LogP contribution in [0.5, 0.6) is 0 Å². The molecule has 3 aromatic rings. The Morgan fingerprint density at radius 3 is 2.92 bits per heavy atom. The molecule has 5 heteroatoms. The third kappa shape index (κ3) is 3.56. The molecule has 1 aromatic heterocycles. The van der Waals surface area contributed by atoms with E-state index < -0.39 is 0 Å². The summed E-state index contributed by atoms with van der Waals surface area (Å²) in [7, 11) is 1.83. The standard InChI is InChI=1S/C20H21N3OS/c1-23(12-19-21-17-7-2-3-8-18(17)22-19)20(24)13-25-16-10-9-14-5-4-6-15(14)11-16/h2-3,7-11H,4-6,12-13H2,1H3,(H,21,22). The van der Waals surface area contributed by atoms with Gasteiger partial charge in [0.25, 0.3) is 0 Å². The van der Waals surface area contributed by atoms with Crippen LogP contribution >= 0.6 is 11.8 Å². The highest BCUT2D eigenvalue weighted by Gasteiger charge is 2.14. The van der Waals surface area contributed by atoms with Gasteiger partial charge in [-0.3, -0.25) is 4.79 Å². The minimum absolute atomic E-state index is 0.117. The lowest BCUT2D eigenvalue weighted by molar-refractivity contribution is -0.127. The van der Waals surface area contributed by atoms with Gasteiger partial charge in [-0.25, -0.2) is 4.98 Å². The van der Waals surface area contributed by atoms with Gasteiger partial charge in [0, 0.05) is 11.9 Å². The van der Waals surface area contributed by atoms with E-state index in [2.05, 4.69) is 28.2 Å². The number of amides is 1. The van der Waals surface area contributed by atoms with Crippen LogP contribution in [0.2, 0.25) is 0 Å². The van der Waals surface area contributed by atoms with Crippen molar-refractivity contribution in [3.8, 4) is 0 Å². The van der Waals surface area contributed by atoms with Crippen LogP contribution in [0.4, 0.5) is 0 Å². The average Bonchev–Trinajstić information content (AvgIpc) is 3.24. The van der Waals surface area contributed by atoms with E-state index >= 15 is 0 Å². The summed E-state index contributed by atoms with van der Waals surface area (Å²) in [5.74, 6) is 1.39. The molecule has 2 aromatic carbocycles. The molecular formula is C20H21N3OS. The molecule has 1 N–H and O–H groups in total. The quantitative estimate of drug-likeness (QED) is 0.711. The van der Waals surface area contributed by atoms with Crippen molar-refractivity contribution < 1.29 is 4.79 Å². The summed E-state index contributed by atoms with van der Waals surface area (Å²) in [5.41, 5.74) is 4.86. The molecular weight excluding hydrogens is 330 g/mol. The number of nitrogens with zero attached hydrogens (tertiary/aromatic N) is 2. The van der Waals surface area contributed by atoms with Crippen molar-refractivity contribution in [3.63, 3.8) is 0 Å². The summed E-state index contributed by atoms with van der Waals surface area (Å²) in [6.45, 7) is 0.498. The Morgan fingerprint density at radius 2 is 2.04 bits per heavy atom. The van der Waals surface area contributed by atoms with Crippen molar-refractivity contribution in [3.05, 3.63) is 59.4 Å². The van der Waals surface area contributed by atoms with Crippen molar-refractivity contribution in [1.82, 2.24) is 14.9 Å². The molecule has 128 valence electrons. The molecule has 0 unspecified atom stereocenters. The Morgan fingerprint density at radius 1 is 1.20 bits per heavy atom. The smallest absolute Gasteiger partial charge is 0.233 e. The molecule has 0 saturated carbocycles. The van der Waals surface area contributed by atoms with Gasteiger partial charge in [-0.15, -0.1) is 11.8 Å². The second-order valence-electron chi connectivity index (χ2n) is 6.52. The number of rotatable bonds is 5. The minimum Gasteiger partial charge on any atom is -0.340 e. The van der Waals surface area contributed by atoms with Gasteiger partial charge in [0.05, 0.1) is 23.3 Å². The zero-order chi connectivity index (χ0) is 17.2. The molecule has 1 aliphatic carbocycles. The molecule has 25 heavy (non-hydrogen) atoms. The van der Waals surface area contributed by atoms with Gasteiger partial charge in [-0.05, 0) is 54.7 Å². The average molecular weight is 351 g/mol. The Labute approximate surface area is 151 Å². The summed E-state index contributed by atoms with van der Waals surface area (Å²) in [5, 5.41) is 0. The lowest BCUT2D eigenvalue weighted by Crippen LogP contribution is -2.28. The van der Waals surface area contributed by atoms with Gasteiger partial charge in [0.15, 0.2) is 0 Å². The van der Waals surface area contributed by atoms with Crippen LogP contribution in [0.3, 0.4) is 0 Å². The first-order valence-electron chi connectivity index (χ1n) is 8.61. The van der Waals surface area contributed by atoms with Crippen LogP contribution in [-0.4, -0.2) is 33.6 Å². The van der Waals surface area contributed by atoms with E-state index in [0.29, 0.717) is 12.3 Å². The number of imidazole rings is 1. The molecule has 0 saturated heterocycles. The van der Waals surface area contributed by atoms with Crippen molar-refractivity contribution >= 4 is 28.7 Å². The normalized spacial score (nSPS) is 13.2. The molecule has 0 fully saturated rings. The fraction of sp³-hybridized carbons (Fsp3) is 0.300. The number of para-hydroxylation sites is 2. The third-order valence-corrected chi connectivity index (χ3v) is 5.66. The molecule has 0 radical (unpaired) electrons. The largest absolute Gasteiger partial charge is 0.340 e. The summed E-state index contributed by atoms with van der Waals surface area (Å²) < 4.78 is 0. The molecule has 0 spiro atoms. The van der Waals surface area contributed by atoms with E-state index in [-0.39, 0.29) is 5.91 Å². The number of carbonyl (C=O) groups is 1. The summed E-state index contributed by atoms with van der Waals surface area (Å²) in [4.78, 5) is 23.2. The SMILES string of the molecule is CN(Cc1nc2ccccc2[nH]1)C(=O)CSc1ccc2c(c1)CCC2. The van der Waals surface area contributed by atoms with Crippen molar-refractivity contribution in [1.29, 1.82) is 0 Å². The van der Waals surface area contributed by atoms with Gasteiger partial charge in [-0.1, -0.05) is 18.2 Å². The maximum absolute atomic E-state index is 12.4. The number of benzene rings is 2. The van der Waals surface area contributed by atoms with Gasteiger partial charge >= 0.3 is 0 Å². The summed E-state index contributed by atoms with van der Waals surface area (Å²) >= 11 is 1.62. The van der Waals surface area contributed by atoms with Crippen LogP contribution in [0.25, 0.3) is 11.0 Å². The predicted octanol–water partition coefficient (Wildman–Crippen LogP) is 3.80. The predicted molar refractivity (Wildman–Crippen MR) is 102 cm³/mol. The number of hydrogen-bond donors (Lipinski definition) is 1. The van der Waals surface area contributed by atoms with Crippen molar-refractivity contribution in [2.24, 2.45) is 0 Å². The molecule has 4 rings (SSSR count). The number of H-pyrrole nitrogens is 1. The van der Waals surface area contributed by atoms with E-state index in [1.165, 1.54) is 35.3 Å². The monoisotopic (exact) mass is 351 g/mol. The number of aromatic nitrogens is 2. The summed E-state index contributed by atoms with van der Waals surface area (Å²) in [6.07, 6.45) is 3.62. The number of thioether (sulfide) groups is 1. The maximum atomic E-state index is 12.4. The fourth-order valence-corrected chi connectivity index (χ4v) is 4.19. The molecule has 4 nitrogen and oxygen atoms in total. The highest BCUT2D eigenvalue weighted by molar-refractivity contribution is 8.00. The lowest BCUT2D eigenvalue weighted by atomic mass is 10.1. The second kappa shape index (κ2) is 6.92. The minimum atomic E-state index is 0.117. The zero-order valence-electron chi connectivity index (χ0n) is 14.3. The molecule has 1 heterocycles. The van der Waals surface area contributed by atoms with Crippen LogP contribution in [0, 0.1) is 0 Å². The van der Waals surface area contributed by atoms with E-state index in [1.807, 2.05) is 31.3 Å². The van der Waals surface area contributed by atoms with Gasteiger partial charge < -0.3 is 9.88 Å². The van der Waals surface area contributed by atoms with Gasteiger partial charge in [-0.2, -0.15) is 0 Å². The van der Waals surface area contributed by atoms with Crippen molar-refractivity contribution in [2.45, 2.75) is 30.7 Å². The number of aryl methyl sites for hydroxylation is 2. The van der Waals surface area contributed by atoms with Crippen LogP contribution < -0.4 is 0 Å². The topological polar surface area (TPSA) is 49.0 Å². The molecule has 1 amide bonds. The Bertz CT molecular complexity index is 885. The van der Waals surface area contributed by atoms with E-state index in [0.717, 1.165) is 16.9 Å². The fourth-order valence-electron chi connectivity index (χ4n) is 3.29. The maximum Gasteiger partial charge on any atom is 0.233 e. The van der Waals surface area contributed by atoms with Crippen molar-refractivity contribution in [2.75, 3.05) is 12.8 Å². The Kier molecular flexibility index (Phi) is 4.49. The molecule has 1 aliphatic rings. The van der Waals surface area contributed by atoms with E-state index in [9.17, 15) is 4.79 Å². The molecule has 0 bridgehead atoms. The number of fused-ring (bicyclic) bond motifs is 2. The van der Waals surface area contributed by atoms with Gasteiger partial charge in [0.1, 0.15) is 5.82 Å². The second-order valence-corrected chi connectivity index (χ2v) is 7.57. The highest BCUT2D eigenvalue weighted by atomic mass is 32.2. The Balaban J connectivity index is 1.35. The first kappa shape index (κ1) is 16.2. The number of carbonyl (C=O) groups excluding carboxylic acids is 1. The van der Waals surface area contributed by atoms with E-state index in [1.54, 1.807) is 16.7 Å². The van der Waals surface area contributed by atoms with Crippen LogP contribution in [0.1, 0.15) is 23.4 Å². The van der Waals surface area contributed by atoms with E-state index in [4.69, 9.17) is 0 Å². The third-order valence-electron chi connectivity index (χ3n) is 4.68. The first-order valence-corrected chi connectivity index (χ1v) is 9.60.